The lowest BCUT2D eigenvalue weighted by Crippen LogP contribution is -2.36. The number of hydrogen-bond acceptors (Lipinski definition) is 3. The van der Waals surface area contributed by atoms with Crippen molar-refractivity contribution >= 4 is 35.8 Å². The van der Waals surface area contributed by atoms with Crippen LogP contribution in [0.4, 0.5) is 0 Å². The van der Waals surface area contributed by atoms with Crippen molar-refractivity contribution in [2.45, 2.75) is 6.54 Å². The van der Waals surface area contributed by atoms with Gasteiger partial charge in [-0.25, -0.2) is 0 Å². The number of carbonyl (C=O) groups excluding carboxylic acids is 1. The summed E-state index contributed by atoms with van der Waals surface area (Å²) in [6.07, 6.45) is 1.77. The van der Waals surface area contributed by atoms with Gasteiger partial charge in [-0.2, -0.15) is 0 Å². The molecule has 1 aromatic carbocycles. The molecular weight excluding hydrogens is 407 g/mol. The molecule has 0 aliphatic rings. The second kappa shape index (κ2) is 11.8. The molecule has 2 N–H and O–H groups in total. The van der Waals surface area contributed by atoms with Crippen LogP contribution in [0, 0.1) is 0 Å². The summed E-state index contributed by atoms with van der Waals surface area (Å²) >= 11 is 0. The summed E-state index contributed by atoms with van der Waals surface area (Å²) in [4.78, 5) is 17.1. The number of aliphatic imine (C=N–C) groups is 1. The Hall–Kier alpha value is -1.77. The third-order valence-corrected chi connectivity index (χ3v) is 2.86. The van der Waals surface area contributed by atoms with Gasteiger partial charge in [-0.3, -0.25) is 9.79 Å². The maximum absolute atomic E-state index is 11.5. The van der Waals surface area contributed by atoms with Gasteiger partial charge in [0, 0.05) is 34.2 Å². The Balaban J connectivity index is 0.00000484. The topological polar surface area (TPSA) is 66.0 Å². The smallest absolute Gasteiger partial charge is 0.259 e. The molecule has 0 saturated carbocycles. The highest BCUT2D eigenvalue weighted by molar-refractivity contribution is 14.0. The molecule has 0 atom stereocenters. The zero-order valence-electron chi connectivity index (χ0n) is 13.8. The van der Waals surface area contributed by atoms with Gasteiger partial charge in [0.25, 0.3) is 5.91 Å². The minimum atomic E-state index is -0.0717. The number of nitrogens with zero attached hydrogens (tertiary/aromatic N) is 2. The Labute approximate surface area is 155 Å². The molecule has 7 heteroatoms. The first kappa shape index (κ1) is 21.2. The lowest BCUT2D eigenvalue weighted by molar-refractivity contribution is -0.130. The van der Waals surface area contributed by atoms with Gasteiger partial charge in [-0.15, -0.1) is 30.6 Å². The summed E-state index contributed by atoms with van der Waals surface area (Å²) in [5.41, 5.74) is 1.04. The average molecular weight is 432 g/mol. The van der Waals surface area contributed by atoms with Crippen molar-refractivity contribution in [3.05, 3.63) is 42.5 Å². The predicted molar refractivity (Wildman–Crippen MR) is 104 cm³/mol. The minimum Gasteiger partial charge on any atom is -0.484 e. The van der Waals surface area contributed by atoms with Crippen molar-refractivity contribution in [1.82, 2.24) is 15.5 Å². The van der Waals surface area contributed by atoms with E-state index in [0.29, 0.717) is 24.8 Å². The third-order valence-electron chi connectivity index (χ3n) is 2.86. The first-order valence-corrected chi connectivity index (χ1v) is 7.04. The monoisotopic (exact) mass is 432 g/mol. The van der Waals surface area contributed by atoms with E-state index in [1.54, 1.807) is 27.2 Å². The maximum atomic E-state index is 11.5. The Morgan fingerprint density at radius 1 is 1.39 bits per heavy atom. The summed E-state index contributed by atoms with van der Waals surface area (Å²) in [6, 6.07) is 7.61. The van der Waals surface area contributed by atoms with Crippen molar-refractivity contribution in [2.24, 2.45) is 4.99 Å². The van der Waals surface area contributed by atoms with Gasteiger partial charge in [0.2, 0.25) is 0 Å². The lowest BCUT2D eigenvalue weighted by Gasteiger charge is -2.13. The first-order chi connectivity index (χ1) is 10.6. The van der Waals surface area contributed by atoms with Gasteiger partial charge in [0.1, 0.15) is 5.75 Å². The number of benzene rings is 1. The fourth-order valence-corrected chi connectivity index (χ4v) is 1.59. The van der Waals surface area contributed by atoms with Crippen LogP contribution < -0.4 is 15.4 Å². The molecule has 0 unspecified atom stereocenters. The van der Waals surface area contributed by atoms with Gasteiger partial charge in [-0.1, -0.05) is 18.2 Å². The number of ether oxygens (including phenoxy) is 1. The third kappa shape index (κ3) is 8.44. The zero-order valence-corrected chi connectivity index (χ0v) is 16.2. The summed E-state index contributed by atoms with van der Waals surface area (Å²) < 4.78 is 5.49. The predicted octanol–water partition coefficient (Wildman–Crippen LogP) is 1.62. The molecule has 0 radical (unpaired) electrons. The van der Waals surface area contributed by atoms with E-state index < -0.39 is 0 Å². The summed E-state index contributed by atoms with van der Waals surface area (Å²) in [5.74, 6) is 1.30. The Morgan fingerprint density at radius 2 is 2.13 bits per heavy atom. The largest absolute Gasteiger partial charge is 0.484 e. The number of guanidine groups is 1. The normalized spacial score (nSPS) is 10.3. The molecule has 0 fully saturated rings. The molecule has 6 nitrogen and oxygen atoms in total. The highest BCUT2D eigenvalue weighted by atomic mass is 127. The van der Waals surface area contributed by atoms with Crippen LogP contribution in [0.25, 0.3) is 0 Å². The molecule has 0 bridgehead atoms. The molecule has 0 aliphatic heterocycles. The van der Waals surface area contributed by atoms with Crippen molar-refractivity contribution in [3.63, 3.8) is 0 Å². The van der Waals surface area contributed by atoms with Crippen molar-refractivity contribution in [3.8, 4) is 5.75 Å². The van der Waals surface area contributed by atoms with Gasteiger partial charge < -0.3 is 20.3 Å². The van der Waals surface area contributed by atoms with Crippen LogP contribution in [-0.2, 0) is 11.3 Å². The Morgan fingerprint density at radius 3 is 2.74 bits per heavy atom. The number of amides is 1. The molecule has 1 rings (SSSR count). The van der Waals surface area contributed by atoms with E-state index >= 15 is 0 Å². The fraction of sp³-hybridized carbons (Fsp3) is 0.375. The Kier molecular flexibility index (Phi) is 10.8. The van der Waals surface area contributed by atoms with Crippen molar-refractivity contribution in [2.75, 3.05) is 34.3 Å². The maximum Gasteiger partial charge on any atom is 0.259 e. The first-order valence-electron chi connectivity index (χ1n) is 7.04. The molecule has 0 spiro atoms. The molecule has 1 aromatic rings. The molecule has 128 valence electrons. The SMILES string of the molecule is C=CCNC(=NC)NCc1cccc(OCC(=O)N(C)C)c1.I. The zero-order chi connectivity index (χ0) is 16.4. The number of carbonyl (C=O) groups is 1. The van der Waals surface area contributed by atoms with E-state index in [-0.39, 0.29) is 36.5 Å². The van der Waals surface area contributed by atoms with Crippen LogP contribution in [0.15, 0.2) is 41.9 Å². The number of likely N-dealkylation sites (N-methyl/N-ethyl adjacent to an activating group) is 1. The fourth-order valence-electron chi connectivity index (χ4n) is 1.59. The van der Waals surface area contributed by atoms with Crippen LogP contribution in [-0.4, -0.2) is 51.1 Å². The van der Waals surface area contributed by atoms with E-state index in [0.717, 1.165) is 5.56 Å². The highest BCUT2D eigenvalue weighted by Crippen LogP contribution is 2.13. The molecule has 0 aliphatic carbocycles. The van der Waals surface area contributed by atoms with Gasteiger partial charge >= 0.3 is 0 Å². The van der Waals surface area contributed by atoms with E-state index in [4.69, 9.17) is 4.74 Å². The molecule has 0 heterocycles. The van der Waals surface area contributed by atoms with Crippen LogP contribution in [0.3, 0.4) is 0 Å². The lowest BCUT2D eigenvalue weighted by atomic mass is 10.2. The van der Waals surface area contributed by atoms with Crippen LogP contribution >= 0.6 is 24.0 Å². The second-order valence-corrected chi connectivity index (χ2v) is 4.82. The van der Waals surface area contributed by atoms with Crippen LogP contribution in [0.5, 0.6) is 5.75 Å². The molecule has 23 heavy (non-hydrogen) atoms. The van der Waals surface area contributed by atoms with E-state index in [1.165, 1.54) is 4.90 Å². The summed E-state index contributed by atoms with van der Waals surface area (Å²) in [6.45, 7) is 4.94. The number of nitrogens with one attached hydrogen (secondary N) is 2. The van der Waals surface area contributed by atoms with Gasteiger partial charge in [0.05, 0.1) is 0 Å². The second-order valence-electron chi connectivity index (χ2n) is 4.82. The molecule has 1 amide bonds. The van der Waals surface area contributed by atoms with Crippen molar-refractivity contribution < 1.29 is 9.53 Å². The number of hydrogen-bond donors (Lipinski definition) is 2. The summed E-state index contributed by atoms with van der Waals surface area (Å²) in [5, 5.41) is 6.29. The highest BCUT2D eigenvalue weighted by Gasteiger charge is 2.05. The van der Waals surface area contributed by atoms with E-state index in [1.807, 2.05) is 24.3 Å². The van der Waals surface area contributed by atoms with Crippen LogP contribution in [0.2, 0.25) is 0 Å². The van der Waals surface area contributed by atoms with E-state index in [2.05, 4.69) is 22.2 Å². The number of halogens is 1. The van der Waals surface area contributed by atoms with Gasteiger partial charge in [-0.05, 0) is 17.7 Å². The molecule has 0 saturated heterocycles. The Bertz CT molecular complexity index is 533. The quantitative estimate of drug-likeness (QED) is 0.298. The minimum absolute atomic E-state index is 0. The van der Waals surface area contributed by atoms with Gasteiger partial charge in [0.15, 0.2) is 12.6 Å². The van der Waals surface area contributed by atoms with E-state index in [9.17, 15) is 4.79 Å². The number of rotatable bonds is 7. The standard InChI is InChI=1S/C16H24N4O2.HI/c1-5-9-18-16(17-2)19-11-13-7-6-8-14(10-13)22-12-15(21)20(3)4;/h5-8,10H,1,9,11-12H2,2-4H3,(H2,17,18,19);1H. The molecular formula is C16H25IN4O2. The van der Waals surface area contributed by atoms with Crippen molar-refractivity contribution in [1.29, 1.82) is 0 Å². The van der Waals surface area contributed by atoms with Crippen LogP contribution in [0.1, 0.15) is 5.56 Å². The average Bonchev–Trinajstić information content (AvgIpc) is 2.53. The molecule has 0 aromatic heterocycles. The summed E-state index contributed by atoms with van der Waals surface area (Å²) in [7, 11) is 5.12.